The fourth-order valence-corrected chi connectivity index (χ4v) is 2.37. The summed E-state index contributed by atoms with van der Waals surface area (Å²) in [5, 5.41) is 3.36. The Bertz CT molecular complexity index is 605. The lowest BCUT2D eigenvalue weighted by molar-refractivity contribution is 0.311. The molecule has 1 heterocycles. The average Bonchev–Trinajstić information content (AvgIpc) is 2.51. The standard InChI is InChI=1S/C18H26N4/c1-6-15-7-9-16(10-8-15)17(22(4)5)12-20-18-19-11-13(2)14(3)21-18/h7-11,17H,6,12H2,1-5H3,(H,19,20,21). The maximum atomic E-state index is 4.48. The molecule has 1 atom stereocenters. The second-order valence-electron chi connectivity index (χ2n) is 5.92. The van der Waals surface area contributed by atoms with Gasteiger partial charge in [-0.25, -0.2) is 9.97 Å². The van der Waals surface area contributed by atoms with Gasteiger partial charge >= 0.3 is 0 Å². The highest BCUT2D eigenvalue weighted by molar-refractivity contribution is 5.31. The highest BCUT2D eigenvalue weighted by atomic mass is 15.2. The maximum absolute atomic E-state index is 4.48. The van der Waals surface area contributed by atoms with Crippen LogP contribution in [-0.2, 0) is 6.42 Å². The molecule has 0 radical (unpaired) electrons. The molecule has 0 bridgehead atoms. The molecule has 22 heavy (non-hydrogen) atoms. The summed E-state index contributed by atoms with van der Waals surface area (Å²) < 4.78 is 0. The van der Waals surface area contributed by atoms with Crippen LogP contribution in [0.4, 0.5) is 5.95 Å². The molecule has 2 aromatic rings. The van der Waals surface area contributed by atoms with Gasteiger partial charge in [-0.2, -0.15) is 0 Å². The van der Waals surface area contributed by atoms with Crippen LogP contribution in [0.3, 0.4) is 0 Å². The van der Waals surface area contributed by atoms with E-state index in [0.717, 1.165) is 24.2 Å². The van der Waals surface area contributed by atoms with Gasteiger partial charge in [0, 0.05) is 18.4 Å². The molecule has 0 amide bonds. The third-order valence-electron chi connectivity index (χ3n) is 4.07. The molecule has 1 unspecified atom stereocenters. The zero-order valence-corrected chi connectivity index (χ0v) is 14.2. The van der Waals surface area contributed by atoms with E-state index in [9.17, 15) is 0 Å². The van der Waals surface area contributed by atoms with E-state index in [2.05, 4.69) is 65.5 Å². The van der Waals surface area contributed by atoms with Crippen LogP contribution in [0, 0.1) is 13.8 Å². The number of hydrogen-bond donors (Lipinski definition) is 1. The first-order valence-electron chi connectivity index (χ1n) is 7.80. The van der Waals surface area contributed by atoms with Crippen LogP contribution in [0.25, 0.3) is 0 Å². The molecule has 0 aliphatic carbocycles. The summed E-state index contributed by atoms with van der Waals surface area (Å²) in [4.78, 5) is 11.1. The van der Waals surface area contributed by atoms with Gasteiger partial charge in [-0.3, -0.25) is 0 Å². The van der Waals surface area contributed by atoms with E-state index in [-0.39, 0.29) is 6.04 Å². The van der Waals surface area contributed by atoms with Crippen molar-refractivity contribution in [1.29, 1.82) is 0 Å². The topological polar surface area (TPSA) is 41.1 Å². The largest absolute Gasteiger partial charge is 0.352 e. The smallest absolute Gasteiger partial charge is 0.222 e. The monoisotopic (exact) mass is 298 g/mol. The van der Waals surface area contributed by atoms with Crippen LogP contribution in [0.15, 0.2) is 30.5 Å². The average molecular weight is 298 g/mol. The van der Waals surface area contributed by atoms with E-state index in [1.165, 1.54) is 11.1 Å². The molecule has 118 valence electrons. The first-order valence-corrected chi connectivity index (χ1v) is 7.80. The minimum Gasteiger partial charge on any atom is -0.352 e. The number of anilines is 1. The van der Waals surface area contributed by atoms with Gasteiger partial charge in [-0.1, -0.05) is 31.2 Å². The Morgan fingerprint density at radius 2 is 1.82 bits per heavy atom. The molecule has 1 N–H and O–H groups in total. The van der Waals surface area contributed by atoms with E-state index in [1.807, 2.05) is 20.0 Å². The summed E-state index contributed by atoms with van der Waals surface area (Å²) in [5.74, 6) is 0.695. The van der Waals surface area contributed by atoms with Gasteiger partial charge in [0.1, 0.15) is 0 Å². The Labute approximate surface area is 133 Å². The Morgan fingerprint density at radius 3 is 2.36 bits per heavy atom. The first kappa shape index (κ1) is 16.4. The fraction of sp³-hybridized carbons (Fsp3) is 0.444. The molecular formula is C18H26N4. The van der Waals surface area contributed by atoms with Crippen LogP contribution in [-0.4, -0.2) is 35.5 Å². The normalized spacial score (nSPS) is 12.5. The van der Waals surface area contributed by atoms with Gasteiger partial charge in [0.15, 0.2) is 0 Å². The van der Waals surface area contributed by atoms with Crippen molar-refractivity contribution in [2.75, 3.05) is 26.0 Å². The SMILES string of the molecule is CCc1ccc(C(CNc2ncc(C)c(C)n2)N(C)C)cc1. The molecule has 1 aromatic carbocycles. The third-order valence-corrected chi connectivity index (χ3v) is 4.07. The highest BCUT2D eigenvalue weighted by Gasteiger charge is 2.14. The molecule has 1 aromatic heterocycles. The Balaban J connectivity index is 2.09. The molecule has 4 nitrogen and oxygen atoms in total. The minimum absolute atomic E-state index is 0.288. The zero-order chi connectivity index (χ0) is 16.1. The van der Waals surface area contributed by atoms with E-state index in [0.29, 0.717) is 5.95 Å². The summed E-state index contributed by atoms with van der Waals surface area (Å²) in [6.07, 6.45) is 2.94. The minimum atomic E-state index is 0.288. The highest BCUT2D eigenvalue weighted by Crippen LogP contribution is 2.19. The number of nitrogens with one attached hydrogen (secondary N) is 1. The van der Waals surface area contributed by atoms with E-state index >= 15 is 0 Å². The summed E-state index contributed by atoms with van der Waals surface area (Å²) >= 11 is 0. The Hall–Kier alpha value is -1.94. The molecule has 0 spiro atoms. The molecule has 0 saturated heterocycles. The lowest BCUT2D eigenvalue weighted by Crippen LogP contribution is -2.27. The van der Waals surface area contributed by atoms with Crippen molar-refractivity contribution in [3.05, 3.63) is 52.8 Å². The first-order chi connectivity index (χ1) is 10.5. The van der Waals surface area contributed by atoms with Gasteiger partial charge in [0.25, 0.3) is 0 Å². The van der Waals surface area contributed by atoms with Crippen molar-refractivity contribution in [2.24, 2.45) is 0 Å². The summed E-state index contributed by atoms with van der Waals surface area (Å²) in [6, 6.07) is 9.13. The van der Waals surface area contributed by atoms with Crippen molar-refractivity contribution in [2.45, 2.75) is 33.2 Å². The van der Waals surface area contributed by atoms with Gasteiger partial charge in [-0.15, -0.1) is 0 Å². The quantitative estimate of drug-likeness (QED) is 0.887. The number of rotatable bonds is 6. The molecule has 0 fully saturated rings. The van der Waals surface area contributed by atoms with E-state index in [4.69, 9.17) is 0 Å². The zero-order valence-electron chi connectivity index (χ0n) is 14.2. The van der Waals surface area contributed by atoms with Gasteiger partial charge in [0.2, 0.25) is 5.95 Å². The van der Waals surface area contributed by atoms with Crippen molar-refractivity contribution in [3.63, 3.8) is 0 Å². The van der Waals surface area contributed by atoms with Crippen LogP contribution < -0.4 is 5.32 Å². The summed E-state index contributed by atoms with van der Waals surface area (Å²) in [7, 11) is 4.20. The third kappa shape index (κ3) is 4.04. The predicted molar refractivity (Wildman–Crippen MR) is 92.2 cm³/mol. The summed E-state index contributed by atoms with van der Waals surface area (Å²) in [5.41, 5.74) is 4.81. The molecular weight excluding hydrogens is 272 g/mol. The summed E-state index contributed by atoms with van der Waals surface area (Å²) in [6.45, 7) is 6.99. The van der Waals surface area contributed by atoms with Gasteiger partial charge in [0.05, 0.1) is 6.04 Å². The maximum Gasteiger partial charge on any atom is 0.222 e. The number of aromatic nitrogens is 2. The van der Waals surface area contributed by atoms with Crippen LogP contribution in [0.2, 0.25) is 0 Å². The number of likely N-dealkylation sites (N-methyl/N-ethyl adjacent to an activating group) is 1. The van der Waals surface area contributed by atoms with Crippen molar-refractivity contribution >= 4 is 5.95 Å². The molecule has 0 saturated carbocycles. The van der Waals surface area contributed by atoms with E-state index in [1.54, 1.807) is 0 Å². The number of aryl methyl sites for hydroxylation is 3. The van der Waals surface area contributed by atoms with Crippen molar-refractivity contribution in [3.8, 4) is 0 Å². The van der Waals surface area contributed by atoms with Crippen LogP contribution in [0.1, 0.15) is 35.3 Å². The molecule has 4 heteroatoms. The molecule has 2 rings (SSSR count). The Kier molecular flexibility index (Phi) is 5.50. The van der Waals surface area contributed by atoms with Gasteiger partial charge < -0.3 is 10.2 Å². The fourth-order valence-electron chi connectivity index (χ4n) is 2.37. The van der Waals surface area contributed by atoms with Crippen molar-refractivity contribution in [1.82, 2.24) is 14.9 Å². The van der Waals surface area contributed by atoms with Crippen LogP contribution in [0.5, 0.6) is 0 Å². The van der Waals surface area contributed by atoms with E-state index < -0.39 is 0 Å². The van der Waals surface area contributed by atoms with Gasteiger partial charge in [-0.05, 0) is 51.1 Å². The number of nitrogens with zero attached hydrogens (tertiary/aromatic N) is 3. The second-order valence-corrected chi connectivity index (χ2v) is 5.92. The second kappa shape index (κ2) is 7.36. The number of hydrogen-bond acceptors (Lipinski definition) is 4. The predicted octanol–water partition coefficient (Wildman–Crippen LogP) is 3.37. The lowest BCUT2D eigenvalue weighted by atomic mass is 10.0. The van der Waals surface area contributed by atoms with Crippen molar-refractivity contribution < 1.29 is 0 Å². The number of benzene rings is 1. The van der Waals surface area contributed by atoms with Crippen LogP contribution >= 0.6 is 0 Å². The Morgan fingerprint density at radius 1 is 1.14 bits per heavy atom. The lowest BCUT2D eigenvalue weighted by Gasteiger charge is -2.25. The molecule has 0 aliphatic rings. The molecule has 0 aliphatic heterocycles.